The smallest absolute Gasteiger partial charge is 0.270 e. The van der Waals surface area contributed by atoms with Crippen LogP contribution in [0.25, 0.3) is 0 Å². The third kappa shape index (κ3) is 3.93. The maximum absolute atomic E-state index is 12.0. The number of rotatable bonds is 4. The lowest BCUT2D eigenvalue weighted by Crippen LogP contribution is -2.41. The Hall–Kier alpha value is -1.63. The van der Waals surface area contributed by atoms with Crippen LogP contribution in [0, 0.1) is 0 Å². The number of amides is 1. The second-order valence-corrected chi connectivity index (χ2v) is 7.17. The lowest BCUT2D eigenvalue weighted by atomic mass is 10.1. The highest BCUT2D eigenvalue weighted by Crippen LogP contribution is 2.13. The van der Waals surface area contributed by atoms with Crippen LogP contribution in [0.15, 0.2) is 18.3 Å². The van der Waals surface area contributed by atoms with Crippen LogP contribution in [0.2, 0.25) is 0 Å². The third-order valence-corrected chi connectivity index (χ3v) is 4.98. The first kappa shape index (κ1) is 14.8. The molecule has 0 radical (unpaired) electrons. The van der Waals surface area contributed by atoms with Crippen molar-refractivity contribution < 1.29 is 13.2 Å². The number of aromatic nitrogens is 1. The van der Waals surface area contributed by atoms with E-state index < -0.39 is 9.84 Å². The standard InChI is InChI=1S/C13H19N3O3S/c1-2-14-11-3-4-12(15-9-11)13(17)16-10-5-7-20(18,19)8-6-10/h3-4,9-10,14H,2,5-8H2,1H3,(H,16,17). The van der Waals surface area contributed by atoms with Crippen molar-refractivity contribution in [3.05, 3.63) is 24.0 Å². The van der Waals surface area contributed by atoms with Crippen molar-refractivity contribution in [2.75, 3.05) is 23.4 Å². The van der Waals surface area contributed by atoms with Gasteiger partial charge in [0, 0.05) is 12.6 Å². The van der Waals surface area contributed by atoms with E-state index in [0.29, 0.717) is 18.5 Å². The van der Waals surface area contributed by atoms with E-state index in [1.807, 2.05) is 6.92 Å². The summed E-state index contributed by atoms with van der Waals surface area (Å²) in [5.74, 6) is 0.0347. The lowest BCUT2D eigenvalue weighted by Gasteiger charge is -2.22. The van der Waals surface area contributed by atoms with E-state index in [4.69, 9.17) is 0 Å². The summed E-state index contributed by atoms with van der Waals surface area (Å²) in [5, 5.41) is 5.94. The zero-order valence-corrected chi connectivity index (χ0v) is 12.2. The van der Waals surface area contributed by atoms with Crippen molar-refractivity contribution >= 4 is 21.4 Å². The molecule has 6 nitrogen and oxygen atoms in total. The summed E-state index contributed by atoms with van der Waals surface area (Å²) < 4.78 is 22.6. The molecule has 0 unspecified atom stereocenters. The Bertz CT molecular complexity index is 555. The molecule has 1 aliphatic heterocycles. The highest BCUT2D eigenvalue weighted by molar-refractivity contribution is 7.91. The minimum Gasteiger partial charge on any atom is -0.384 e. The second-order valence-electron chi connectivity index (χ2n) is 4.86. The molecule has 1 amide bonds. The topological polar surface area (TPSA) is 88.2 Å². The van der Waals surface area contributed by atoms with Gasteiger partial charge in [-0.3, -0.25) is 4.79 Å². The number of nitrogens with zero attached hydrogens (tertiary/aromatic N) is 1. The monoisotopic (exact) mass is 297 g/mol. The van der Waals surface area contributed by atoms with E-state index in [-0.39, 0.29) is 23.5 Å². The minimum absolute atomic E-state index is 0.0822. The Morgan fingerprint density at radius 3 is 2.60 bits per heavy atom. The molecule has 0 bridgehead atoms. The van der Waals surface area contributed by atoms with Crippen molar-refractivity contribution in [2.24, 2.45) is 0 Å². The molecular formula is C13H19N3O3S. The molecule has 110 valence electrons. The molecule has 0 aromatic carbocycles. The van der Waals surface area contributed by atoms with Crippen LogP contribution in [0.3, 0.4) is 0 Å². The molecule has 1 saturated heterocycles. The van der Waals surface area contributed by atoms with Crippen LogP contribution >= 0.6 is 0 Å². The highest BCUT2D eigenvalue weighted by atomic mass is 32.2. The molecule has 1 aromatic rings. The van der Waals surface area contributed by atoms with Gasteiger partial charge in [0.25, 0.3) is 5.91 Å². The largest absolute Gasteiger partial charge is 0.384 e. The Morgan fingerprint density at radius 2 is 2.05 bits per heavy atom. The molecule has 0 spiro atoms. The average molecular weight is 297 g/mol. The number of nitrogens with one attached hydrogen (secondary N) is 2. The Labute approximate surface area is 118 Å². The summed E-state index contributed by atoms with van der Waals surface area (Å²) >= 11 is 0. The van der Waals surface area contributed by atoms with Crippen LogP contribution in [0.4, 0.5) is 5.69 Å². The third-order valence-electron chi connectivity index (χ3n) is 3.27. The Kier molecular flexibility index (Phi) is 4.59. The number of sulfone groups is 1. The van der Waals surface area contributed by atoms with E-state index in [2.05, 4.69) is 15.6 Å². The average Bonchev–Trinajstić information content (AvgIpc) is 2.42. The fourth-order valence-corrected chi connectivity index (χ4v) is 3.62. The number of hydrogen-bond donors (Lipinski definition) is 2. The van der Waals surface area contributed by atoms with Crippen LogP contribution < -0.4 is 10.6 Å². The number of hydrogen-bond acceptors (Lipinski definition) is 5. The molecule has 7 heteroatoms. The van der Waals surface area contributed by atoms with Crippen molar-refractivity contribution in [3.8, 4) is 0 Å². The number of carbonyl (C=O) groups excluding carboxylic acids is 1. The van der Waals surface area contributed by atoms with Gasteiger partial charge in [0.1, 0.15) is 15.5 Å². The molecule has 2 rings (SSSR count). The first-order valence-corrected chi connectivity index (χ1v) is 8.53. The molecular weight excluding hydrogens is 278 g/mol. The van der Waals surface area contributed by atoms with Crippen molar-refractivity contribution in [3.63, 3.8) is 0 Å². The number of carbonyl (C=O) groups is 1. The van der Waals surface area contributed by atoms with Gasteiger partial charge in [-0.2, -0.15) is 0 Å². The van der Waals surface area contributed by atoms with E-state index in [1.165, 1.54) is 0 Å². The van der Waals surface area contributed by atoms with Gasteiger partial charge in [-0.1, -0.05) is 0 Å². The molecule has 0 saturated carbocycles. The number of anilines is 1. The molecule has 0 aliphatic carbocycles. The van der Waals surface area contributed by atoms with Crippen LogP contribution in [-0.2, 0) is 9.84 Å². The van der Waals surface area contributed by atoms with Crippen LogP contribution in [-0.4, -0.2) is 43.4 Å². The van der Waals surface area contributed by atoms with E-state index in [0.717, 1.165) is 12.2 Å². The van der Waals surface area contributed by atoms with Gasteiger partial charge in [0.15, 0.2) is 0 Å². The predicted octanol–water partition coefficient (Wildman–Crippen LogP) is 0.820. The van der Waals surface area contributed by atoms with Gasteiger partial charge in [0.05, 0.1) is 23.4 Å². The van der Waals surface area contributed by atoms with Gasteiger partial charge in [-0.25, -0.2) is 13.4 Å². The zero-order valence-electron chi connectivity index (χ0n) is 11.4. The molecule has 2 heterocycles. The molecule has 0 atom stereocenters. The highest BCUT2D eigenvalue weighted by Gasteiger charge is 2.25. The molecule has 1 aromatic heterocycles. The maximum Gasteiger partial charge on any atom is 0.270 e. The summed E-state index contributed by atoms with van der Waals surface area (Å²) in [5.41, 5.74) is 1.22. The van der Waals surface area contributed by atoms with Gasteiger partial charge < -0.3 is 10.6 Å². The summed E-state index contributed by atoms with van der Waals surface area (Å²) in [4.78, 5) is 16.1. The predicted molar refractivity (Wildman–Crippen MR) is 77.5 cm³/mol. The van der Waals surface area contributed by atoms with E-state index in [1.54, 1.807) is 18.3 Å². The molecule has 2 N–H and O–H groups in total. The first-order valence-electron chi connectivity index (χ1n) is 6.71. The fourth-order valence-electron chi connectivity index (χ4n) is 2.13. The molecule has 20 heavy (non-hydrogen) atoms. The minimum atomic E-state index is -2.90. The first-order chi connectivity index (χ1) is 9.50. The summed E-state index contributed by atoms with van der Waals surface area (Å²) in [6.45, 7) is 2.78. The summed E-state index contributed by atoms with van der Waals surface area (Å²) in [7, 11) is -2.90. The van der Waals surface area contributed by atoms with Crippen LogP contribution in [0.1, 0.15) is 30.3 Å². The van der Waals surface area contributed by atoms with Crippen molar-refractivity contribution in [1.82, 2.24) is 10.3 Å². The maximum atomic E-state index is 12.0. The number of pyridine rings is 1. The zero-order chi connectivity index (χ0) is 14.6. The molecule has 1 fully saturated rings. The normalized spacial score (nSPS) is 18.4. The summed E-state index contributed by atoms with van der Waals surface area (Å²) in [6.07, 6.45) is 2.57. The van der Waals surface area contributed by atoms with Gasteiger partial charge >= 0.3 is 0 Å². The Balaban J connectivity index is 1.91. The molecule has 1 aliphatic rings. The second kappa shape index (κ2) is 6.21. The summed E-state index contributed by atoms with van der Waals surface area (Å²) in [6, 6.07) is 3.38. The van der Waals surface area contributed by atoms with Crippen LogP contribution in [0.5, 0.6) is 0 Å². The van der Waals surface area contributed by atoms with Crippen molar-refractivity contribution in [1.29, 1.82) is 0 Å². The van der Waals surface area contributed by atoms with Gasteiger partial charge in [-0.05, 0) is 31.9 Å². The Morgan fingerprint density at radius 1 is 1.35 bits per heavy atom. The van der Waals surface area contributed by atoms with E-state index >= 15 is 0 Å². The van der Waals surface area contributed by atoms with Gasteiger partial charge in [0.2, 0.25) is 0 Å². The SMILES string of the molecule is CCNc1ccc(C(=O)NC2CCS(=O)(=O)CC2)nc1. The van der Waals surface area contributed by atoms with Crippen molar-refractivity contribution in [2.45, 2.75) is 25.8 Å². The van der Waals surface area contributed by atoms with E-state index in [9.17, 15) is 13.2 Å². The quantitative estimate of drug-likeness (QED) is 0.859. The van der Waals surface area contributed by atoms with Gasteiger partial charge in [-0.15, -0.1) is 0 Å². The lowest BCUT2D eigenvalue weighted by molar-refractivity contribution is 0.0929. The fraction of sp³-hybridized carbons (Fsp3) is 0.538.